The zero-order valence-electron chi connectivity index (χ0n) is 16.2. The van der Waals surface area contributed by atoms with Gasteiger partial charge in [-0.05, 0) is 36.8 Å². The molecule has 0 unspecified atom stereocenters. The lowest BCUT2D eigenvalue weighted by atomic mass is 10.2. The largest absolute Gasteiger partial charge is 0.497 e. The summed E-state index contributed by atoms with van der Waals surface area (Å²) >= 11 is 5.99. The van der Waals surface area contributed by atoms with Crippen molar-refractivity contribution in [2.24, 2.45) is 0 Å². The number of rotatable bonds is 8. The van der Waals surface area contributed by atoms with Crippen molar-refractivity contribution in [2.75, 3.05) is 32.7 Å². The van der Waals surface area contributed by atoms with Gasteiger partial charge in [0.2, 0.25) is 0 Å². The fraction of sp³-hybridized carbons (Fsp3) is 0.250. The first-order valence-electron chi connectivity index (χ1n) is 8.55. The third-order valence-electron chi connectivity index (χ3n) is 3.83. The Hall–Kier alpha value is -3.26. The van der Waals surface area contributed by atoms with E-state index in [0.717, 1.165) is 5.56 Å². The molecule has 2 aromatic carbocycles. The normalized spacial score (nSPS) is 10.1. The van der Waals surface area contributed by atoms with E-state index < -0.39 is 30.9 Å². The molecule has 0 aromatic heterocycles. The smallest absolute Gasteiger partial charge is 0.325 e. The summed E-state index contributed by atoms with van der Waals surface area (Å²) in [6.45, 7) is 0.945. The maximum atomic E-state index is 12.2. The number of carbonyl (C=O) groups is 3. The molecule has 0 radical (unpaired) electrons. The van der Waals surface area contributed by atoms with Crippen molar-refractivity contribution in [2.45, 2.75) is 6.92 Å². The van der Waals surface area contributed by atoms with Crippen molar-refractivity contribution in [3.63, 3.8) is 0 Å². The average molecular weight is 421 g/mol. The van der Waals surface area contributed by atoms with Crippen LogP contribution in [0.2, 0.25) is 5.02 Å². The molecule has 0 aliphatic heterocycles. The van der Waals surface area contributed by atoms with Crippen molar-refractivity contribution in [1.82, 2.24) is 5.32 Å². The van der Waals surface area contributed by atoms with Crippen molar-refractivity contribution in [3.8, 4) is 11.5 Å². The minimum atomic E-state index is -0.759. The molecule has 0 bridgehead atoms. The van der Waals surface area contributed by atoms with E-state index in [0.29, 0.717) is 22.2 Å². The van der Waals surface area contributed by atoms with Gasteiger partial charge in [0.25, 0.3) is 11.8 Å². The Morgan fingerprint density at radius 3 is 2.24 bits per heavy atom. The summed E-state index contributed by atoms with van der Waals surface area (Å²) < 4.78 is 15.1. The van der Waals surface area contributed by atoms with Gasteiger partial charge >= 0.3 is 5.97 Å². The first kappa shape index (κ1) is 22.0. The average Bonchev–Trinajstić information content (AvgIpc) is 2.72. The van der Waals surface area contributed by atoms with Crippen LogP contribution in [-0.2, 0) is 14.3 Å². The first-order chi connectivity index (χ1) is 13.8. The van der Waals surface area contributed by atoms with Gasteiger partial charge in [0.15, 0.2) is 6.61 Å². The number of hydrogen-bond acceptors (Lipinski definition) is 6. The lowest BCUT2D eigenvalue weighted by Gasteiger charge is -2.10. The lowest BCUT2D eigenvalue weighted by molar-refractivity contribution is -0.146. The van der Waals surface area contributed by atoms with E-state index in [9.17, 15) is 14.4 Å². The maximum absolute atomic E-state index is 12.2. The van der Waals surface area contributed by atoms with Crippen molar-refractivity contribution >= 4 is 35.1 Å². The monoisotopic (exact) mass is 420 g/mol. The SMILES string of the molecule is COc1cc(OC)cc(C(=O)NCC(=O)OCC(=O)Nc2ccc(C)c(Cl)c2)c1. The fourth-order valence-corrected chi connectivity index (χ4v) is 2.44. The van der Waals surface area contributed by atoms with Crippen molar-refractivity contribution in [1.29, 1.82) is 0 Å². The summed E-state index contributed by atoms with van der Waals surface area (Å²) in [5.74, 6) is -0.930. The van der Waals surface area contributed by atoms with E-state index in [2.05, 4.69) is 10.6 Å². The van der Waals surface area contributed by atoms with E-state index in [1.807, 2.05) is 6.92 Å². The highest BCUT2D eigenvalue weighted by Crippen LogP contribution is 2.22. The predicted octanol–water partition coefficient (Wildman–Crippen LogP) is 2.58. The molecule has 154 valence electrons. The Balaban J connectivity index is 1.81. The Labute approximate surface area is 173 Å². The molecule has 0 saturated heterocycles. The molecule has 9 heteroatoms. The Morgan fingerprint density at radius 2 is 1.66 bits per heavy atom. The van der Waals surface area contributed by atoms with E-state index >= 15 is 0 Å². The highest BCUT2D eigenvalue weighted by molar-refractivity contribution is 6.31. The molecule has 0 spiro atoms. The molecule has 2 rings (SSSR count). The minimum absolute atomic E-state index is 0.253. The van der Waals surface area contributed by atoms with Crippen LogP contribution >= 0.6 is 11.6 Å². The summed E-state index contributed by atoms with van der Waals surface area (Å²) in [7, 11) is 2.92. The second kappa shape index (κ2) is 10.3. The summed E-state index contributed by atoms with van der Waals surface area (Å²) in [6, 6.07) is 9.66. The molecule has 0 heterocycles. The van der Waals surface area contributed by atoms with Gasteiger partial charge in [-0.3, -0.25) is 14.4 Å². The number of amides is 2. The van der Waals surface area contributed by atoms with E-state index in [1.165, 1.54) is 26.4 Å². The van der Waals surface area contributed by atoms with Crippen LogP contribution in [0.1, 0.15) is 15.9 Å². The van der Waals surface area contributed by atoms with Crippen LogP contribution in [0, 0.1) is 6.92 Å². The van der Waals surface area contributed by atoms with Crippen LogP contribution in [0.5, 0.6) is 11.5 Å². The van der Waals surface area contributed by atoms with Crippen LogP contribution in [0.15, 0.2) is 36.4 Å². The van der Waals surface area contributed by atoms with Gasteiger partial charge in [-0.2, -0.15) is 0 Å². The predicted molar refractivity (Wildman–Crippen MR) is 108 cm³/mol. The van der Waals surface area contributed by atoms with Crippen LogP contribution < -0.4 is 20.1 Å². The molecule has 2 aromatic rings. The fourth-order valence-electron chi connectivity index (χ4n) is 2.26. The van der Waals surface area contributed by atoms with E-state index in [4.69, 9.17) is 25.8 Å². The number of anilines is 1. The molecule has 0 saturated carbocycles. The number of nitrogens with one attached hydrogen (secondary N) is 2. The van der Waals surface area contributed by atoms with Crippen molar-refractivity contribution in [3.05, 3.63) is 52.5 Å². The molecular formula is C20H21ClN2O6. The van der Waals surface area contributed by atoms with Crippen LogP contribution in [-0.4, -0.2) is 45.2 Å². The third-order valence-corrected chi connectivity index (χ3v) is 4.23. The van der Waals surface area contributed by atoms with Crippen LogP contribution in [0.25, 0.3) is 0 Å². The Kier molecular flexibility index (Phi) is 7.85. The first-order valence-corrected chi connectivity index (χ1v) is 8.93. The zero-order chi connectivity index (χ0) is 21.4. The second-order valence-electron chi connectivity index (χ2n) is 5.96. The number of methoxy groups -OCH3 is 2. The lowest BCUT2D eigenvalue weighted by Crippen LogP contribution is -2.32. The van der Waals surface area contributed by atoms with Crippen LogP contribution in [0.4, 0.5) is 5.69 Å². The zero-order valence-corrected chi connectivity index (χ0v) is 17.0. The topological polar surface area (TPSA) is 103 Å². The Bertz CT molecular complexity index is 894. The van der Waals surface area contributed by atoms with E-state index in [-0.39, 0.29) is 5.56 Å². The van der Waals surface area contributed by atoms with Gasteiger partial charge in [0.1, 0.15) is 18.0 Å². The quantitative estimate of drug-likeness (QED) is 0.636. The molecular weight excluding hydrogens is 400 g/mol. The second-order valence-corrected chi connectivity index (χ2v) is 6.36. The number of halogens is 1. The minimum Gasteiger partial charge on any atom is -0.497 e. The molecule has 29 heavy (non-hydrogen) atoms. The van der Waals surface area contributed by atoms with Crippen LogP contribution in [0.3, 0.4) is 0 Å². The van der Waals surface area contributed by atoms with Gasteiger partial charge in [0.05, 0.1) is 14.2 Å². The summed E-state index contributed by atoms with van der Waals surface area (Å²) in [5, 5.41) is 5.49. The number of aryl methyl sites for hydroxylation is 1. The maximum Gasteiger partial charge on any atom is 0.325 e. The molecule has 8 nitrogen and oxygen atoms in total. The van der Waals surface area contributed by atoms with Gasteiger partial charge in [-0.15, -0.1) is 0 Å². The van der Waals surface area contributed by atoms with Gasteiger partial charge in [-0.25, -0.2) is 0 Å². The molecule has 0 atom stereocenters. The van der Waals surface area contributed by atoms with Gasteiger partial charge in [0, 0.05) is 22.3 Å². The molecule has 2 N–H and O–H groups in total. The number of ether oxygens (including phenoxy) is 3. The summed E-state index contributed by atoms with van der Waals surface area (Å²) in [4.78, 5) is 35.9. The third kappa shape index (κ3) is 6.69. The highest BCUT2D eigenvalue weighted by atomic mass is 35.5. The summed E-state index contributed by atoms with van der Waals surface area (Å²) in [5.41, 5.74) is 1.62. The Morgan fingerprint density at radius 1 is 1.00 bits per heavy atom. The van der Waals surface area contributed by atoms with E-state index in [1.54, 1.807) is 24.3 Å². The summed E-state index contributed by atoms with van der Waals surface area (Å²) in [6.07, 6.45) is 0. The van der Waals surface area contributed by atoms with Crippen molar-refractivity contribution < 1.29 is 28.6 Å². The number of carbonyl (C=O) groups excluding carboxylic acids is 3. The number of hydrogen-bond donors (Lipinski definition) is 2. The molecule has 0 aliphatic carbocycles. The standard InChI is InChI=1S/C20H21ClN2O6/c1-12-4-5-14(8-17(12)21)23-18(24)11-29-19(25)10-22-20(26)13-6-15(27-2)9-16(7-13)28-3/h4-9H,10-11H2,1-3H3,(H,22,26)(H,23,24). The molecule has 0 fully saturated rings. The molecule has 2 amide bonds. The number of esters is 1. The number of benzene rings is 2. The van der Waals surface area contributed by atoms with Gasteiger partial charge < -0.3 is 24.8 Å². The van der Waals surface area contributed by atoms with Gasteiger partial charge in [-0.1, -0.05) is 17.7 Å². The highest BCUT2D eigenvalue weighted by Gasteiger charge is 2.13. The molecule has 0 aliphatic rings.